The second-order valence-corrected chi connectivity index (χ2v) is 8.48. The summed E-state index contributed by atoms with van der Waals surface area (Å²) in [5.74, 6) is 3.40. The second-order valence-electron chi connectivity index (χ2n) is 8.48. The normalized spacial score (nSPS) is 17.7. The largest absolute Gasteiger partial charge is 0.493 e. The lowest BCUT2D eigenvalue weighted by Gasteiger charge is -2.19. The van der Waals surface area contributed by atoms with Gasteiger partial charge >= 0.3 is 6.03 Å². The van der Waals surface area contributed by atoms with Crippen LogP contribution in [0.15, 0.2) is 48.7 Å². The minimum absolute atomic E-state index is 0.0515. The van der Waals surface area contributed by atoms with E-state index >= 15 is 0 Å². The number of benzene rings is 2. The summed E-state index contributed by atoms with van der Waals surface area (Å²) in [5.41, 5.74) is 2.34. The van der Waals surface area contributed by atoms with Crippen LogP contribution in [0.3, 0.4) is 0 Å². The molecule has 3 N–H and O–H groups in total. The Balaban J connectivity index is 1.26. The van der Waals surface area contributed by atoms with Crippen LogP contribution < -0.4 is 34.9 Å². The molecule has 1 aromatic heterocycles. The minimum atomic E-state index is -0.556. The summed E-state index contributed by atoms with van der Waals surface area (Å²) in [7, 11) is 3.08. The van der Waals surface area contributed by atoms with Gasteiger partial charge in [-0.25, -0.2) is 9.78 Å². The molecule has 186 valence electrons. The average Bonchev–Trinajstić information content (AvgIpc) is 3.18. The molecule has 36 heavy (non-hydrogen) atoms. The molecule has 3 aromatic rings. The fraction of sp³-hybridized carbons (Fsp3) is 0.269. The number of carbonyl (C=O) groups is 2. The number of pyridine rings is 1. The zero-order valence-electron chi connectivity index (χ0n) is 20.1. The van der Waals surface area contributed by atoms with E-state index in [-0.39, 0.29) is 11.8 Å². The molecule has 0 aliphatic carbocycles. The zero-order chi connectivity index (χ0) is 25.2. The van der Waals surface area contributed by atoms with Crippen LogP contribution in [0.25, 0.3) is 0 Å². The van der Waals surface area contributed by atoms with Crippen LogP contribution in [0, 0.1) is 0 Å². The highest BCUT2D eigenvalue weighted by Gasteiger charge is 2.33. The van der Waals surface area contributed by atoms with Gasteiger partial charge in [-0.15, -0.1) is 0 Å². The predicted molar refractivity (Wildman–Crippen MR) is 132 cm³/mol. The number of rotatable bonds is 6. The molecule has 10 nitrogen and oxygen atoms in total. The van der Waals surface area contributed by atoms with E-state index in [0.29, 0.717) is 53.1 Å². The van der Waals surface area contributed by atoms with Gasteiger partial charge in [0.1, 0.15) is 23.1 Å². The maximum Gasteiger partial charge on any atom is 0.322 e. The van der Waals surface area contributed by atoms with E-state index in [1.54, 1.807) is 37.6 Å². The SMILES string of the molecule is COc1ccc(NC(=O)N[C@@H]2Oc3ccc(Oc4ccnc5c4CCC(=O)N5)cc3[C@@H]2C)cc1OC. The third-order valence-corrected chi connectivity index (χ3v) is 6.20. The van der Waals surface area contributed by atoms with Crippen LogP contribution >= 0.6 is 0 Å². The van der Waals surface area contributed by atoms with Crippen LogP contribution in [0.1, 0.15) is 30.4 Å². The highest BCUT2D eigenvalue weighted by Crippen LogP contribution is 2.41. The first-order valence-electron chi connectivity index (χ1n) is 11.5. The van der Waals surface area contributed by atoms with Crippen molar-refractivity contribution in [2.45, 2.75) is 31.9 Å². The van der Waals surface area contributed by atoms with Crippen LogP contribution in [0.4, 0.5) is 16.3 Å². The van der Waals surface area contributed by atoms with Gasteiger partial charge in [0.05, 0.1) is 14.2 Å². The molecule has 2 aliphatic rings. The number of amides is 3. The number of aromatic nitrogens is 1. The lowest BCUT2D eigenvalue weighted by atomic mass is 10.0. The molecule has 10 heteroatoms. The van der Waals surface area contributed by atoms with Gasteiger partial charge in [-0.05, 0) is 42.8 Å². The Kier molecular flexibility index (Phi) is 6.24. The Morgan fingerprint density at radius 1 is 1.06 bits per heavy atom. The van der Waals surface area contributed by atoms with Crippen molar-refractivity contribution in [3.8, 4) is 28.7 Å². The molecule has 2 atom stereocenters. The van der Waals surface area contributed by atoms with Crippen LogP contribution in [-0.2, 0) is 11.2 Å². The van der Waals surface area contributed by atoms with E-state index in [4.69, 9.17) is 18.9 Å². The smallest absolute Gasteiger partial charge is 0.322 e. The van der Waals surface area contributed by atoms with Gasteiger partial charge in [0.25, 0.3) is 0 Å². The maximum absolute atomic E-state index is 12.7. The third kappa shape index (κ3) is 4.57. The van der Waals surface area contributed by atoms with Gasteiger partial charge in [0.2, 0.25) is 5.91 Å². The summed E-state index contributed by atoms with van der Waals surface area (Å²) in [5, 5.41) is 8.44. The summed E-state index contributed by atoms with van der Waals surface area (Å²) in [4.78, 5) is 28.6. The molecule has 0 bridgehead atoms. The van der Waals surface area contributed by atoms with Crippen molar-refractivity contribution in [1.82, 2.24) is 10.3 Å². The van der Waals surface area contributed by atoms with Crippen molar-refractivity contribution in [1.29, 1.82) is 0 Å². The van der Waals surface area contributed by atoms with Gasteiger partial charge in [0, 0.05) is 41.4 Å². The number of methoxy groups -OCH3 is 2. The monoisotopic (exact) mass is 490 g/mol. The fourth-order valence-electron chi connectivity index (χ4n) is 4.30. The molecule has 3 amide bonds. The Bertz CT molecular complexity index is 1330. The Hall–Kier alpha value is -4.47. The Labute approximate surface area is 207 Å². The van der Waals surface area contributed by atoms with Crippen molar-refractivity contribution >= 4 is 23.4 Å². The number of ether oxygens (including phenoxy) is 4. The molecule has 3 heterocycles. The number of urea groups is 1. The molecule has 2 aromatic carbocycles. The lowest BCUT2D eigenvalue weighted by Crippen LogP contribution is -2.42. The standard InChI is InChI=1S/C26H26N4O6/c1-14-18-13-16(35-20-10-11-27-24-17(20)6-9-23(31)29-24)5-8-19(18)36-25(14)30-26(32)28-15-4-7-21(33-2)22(12-15)34-3/h4-5,7-8,10-14,25H,6,9H2,1-3H3,(H,27,29,31)(H2,28,30,32)/t14-,25+/m0/s1. The molecule has 0 spiro atoms. The van der Waals surface area contributed by atoms with Crippen molar-refractivity contribution in [2.24, 2.45) is 0 Å². The minimum Gasteiger partial charge on any atom is -0.493 e. The highest BCUT2D eigenvalue weighted by molar-refractivity contribution is 5.93. The van der Waals surface area contributed by atoms with Gasteiger partial charge in [0.15, 0.2) is 17.7 Å². The molecule has 0 saturated carbocycles. The van der Waals surface area contributed by atoms with Gasteiger partial charge < -0.3 is 34.9 Å². The Morgan fingerprint density at radius 2 is 1.89 bits per heavy atom. The zero-order valence-corrected chi connectivity index (χ0v) is 20.1. The first-order chi connectivity index (χ1) is 17.4. The maximum atomic E-state index is 12.7. The highest BCUT2D eigenvalue weighted by atomic mass is 16.5. The molecule has 0 saturated heterocycles. The van der Waals surface area contributed by atoms with Crippen LogP contribution in [-0.4, -0.2) is 37.4 Å². The number of nitrogens with zero attached hydrogens (tertiary/aromatic N) is 1. The van der Waals surface area contributed by atoms with Crippen molar-refractivity contribution in [3.05, 3.63) is 59.8 Å². The molecule has 0 radical (unpaired) electrons. The topological polar surface area (TPSA) is 120 Å². The van der Waals surface area contributed by atoms with E-state index in [2.05, 4.69) is 20.9 Å². The predicted octanol–water partition coefficient (Wildman–Crippen LogP) is 4.42. The van der Waals surface area contributed by atoms with Gasteiger partial charge in [-0.2, -0.15) is 0 Å². The van der Waals surface area contributed by atoms with E-state index in [0.717, 1.165) is 11.1 Å². The number of hydrogen-bond donors (Lipinski definition) is 3. The number of nitrogens with one attached hydrogen (secondary N) is 3. The number of hydrogen-bond acceptors (Lipinski definition) is 7. The van der Waals surface area contributed by atoms with E-state index in [9.17, 15) is 9.59 Å². The summed E-state index contributed by atoms with van der Waals surface area (Å²) >= 11 is 0. The molecular weight excluding hydrogens is 464 g/mol. The second kappa shape index (κ2) is 9.65. The number of fused-ring (bicyclic) bond motifs is 2. The Morgan fingerprint density at radius 3 is 2.69 bits per heavy atom. The summed E-state index contributed by atoms with van der Waals surface area (Å²) in [6.45, 7) is 1.97. The molecule has 2 aliphatic heterocycles. The third-order valence-electron chi connectivity index (χ3n) is 6.20. The summed E-state index contributed by atoms with van der Waals surface area (Å²) in [6.07, 6.45) is 2.01. The quantitative estimate of drug-likeness (QED) is 0.468. The van der Waals surface area contributed by atoms with Crippen molar-refractivity contribution < 1.29 is 28.5 Å². The first kappa shape index (κ1) is 23.3. The summed E-state index contributed by atoms with van der Waals surface area (Å²) in [6, 6.07) is 12.0. The average molecular weight is 491 g/mol. The number of anilines is 2. The molecule has 5 rings (SSSR count). The van der Waals surface area contributed by atoms with Gasteiger partial charge in [-0.3, -0.25) is 4.79 Å². The molecule has 0 fully saturated rings. The fourth-order valence-corrected chi connectivity index (χ4v) is 4.30. The van der Waals surface area contributed by atoms with Crippen LogP contribution in [0.5, 0.6) is 28.7 Å². The first-order valence-corrected chi connectivity index (χ1v) is 11.5. The molecular formula is C26H26N4O6. The molecule has 0 unspecified atom stereocenters. The summed E-state index contributed by atoms with van der Waals surface area (Å²) < 4.78 is 22.7. The van der Waals surface area contributed by atoms with Crippen molar-refractivity contribution in [3.63, 3.8) is 0 Å². The number of carbonyl (C=O) groups excluding carboxylic acids is 2. The van der Waals surface area contributed by atoms with E-state index in [1.807, 2.05) is 25.1 Å². The van der Waals surface area contributed by atoms with E-state index < -0.39 is 12.3 Å². The van der Waals surface area contributed by atoms with Crippen molar-refractivity contribution in [2.75, 3.05) is 24.9 Å². The van der Waals surface area contributed by atoms with Crippen LogP contribution in [0.2, 0.25) is 0 Å². The van der Waals surface area contributed by atoms with Gasteiger partial charge in [-0.1, -0.05) is 6.92 Å². The lowest BCUT2D eigenvalue weighted by molar-refractivity contribution is -0.116. The van der Waals surface area contributed by atoms with E-state index in [1.165, 1.54) is 7.11 Å².